The number of aryl methyl sites for hydroxylation is 2. The largest absolute Gasteiger partial charge is 0.399 e. The van der Waals surface area contributed by atoms with Crippen LogP contribution in [-0.2, 0) is 0 Å². The lowest BCUT2D eigenvalue weighted by Crippen LogP contribution is -2.27. The number of hydrogen-bond donors (Lipinski definition) is 1. The molecule has 0 aliphatic carbocycles. The SMILES string of the molecule is Cc1ccc(C)c(N(C)C(=O)c2cccc(N)c2)c1. The van der Waals surface area contributed by atoms with E-state index in [1.54, 1.807) is 36.2 Å². The van der Waals surface area contributed by atoms with Crippen molar-refractivity contribution in [2.24, 2.45) is 0 Å². The second kappa shape index (κ2) is 5.14. The lowest BCUT2D eigenvalue weighted by Gasteiger charge is -2.20. The number of anilines is 2. The number of benzene rings is 2. The van der Waals surface area contributed by atoms with Crippen LogP contribution >= 0.6 is 0 Å². The highest BCUT2D eigenvalue weighted by molar-refractivity contribution is 6.06. The Balaban J connectivity index is 2.36. The van der Waals surface area contributed by atoms with Gasteiger partial charge >= 0.3 is 0 Å². The molecular formula is C16H18N2O. The quantitative estimate of drug-likeness (QED) is 0.837. The van der Waals surface area contributed by atoms with Crippen molar-refractivity contribution in [2.75, 3.05) is 17.7 Å². The number of carbonyl (C=O) groups excluding carboxylic acids is 1. The van der Waals surface area contributed by atoms with Crippen molar-refractivity contribution >= 4 is 17.3 Å². The third-order valence-corrected chi connectivity index (χ3v) is 3.16. The summed E-state index contributed by atoms with van der Waals surface area (Å²) in [6, 6.07) is 13.1. The molecule has 98 valence electrons. The van der Waals surface area contributed by atoms with Gasteiger partial charge in [-0.25, -0.2) is 0 Å². The first-order valence-corrected chi connectivity index (χ1v) is 6.20. The van der Waals surface area contributed by atoms with Crippen molar-refractivity contribution in [1.82, 2.24) is 0 Å². The molecule has 2 N–H and O–H groups in total. The van der Waals surface area contributed by atoms with Gasteiger partial charge in [0.2, 0.25) is 0 Å². The fourth-order valence-corrected chi connectivity index (χ4v) is 2.06. The number of nitrogens with two attached hydrogens (primary N) is 1. The Morgan fingerprint density at radius 1 is 1.11 bits per heavy atom. The highest BCUT2D eigenvalue weighted by Gasteiger charge is 2.15. The minimum Gasteiger partial charge on any atom is -0.399 e. The zero-order valence-corrected chi connectivity index (χ0v) is 11.5. The van der Waals surface area contributed by atoms with E-state index >= 15 is 0 Å². The number of nitrogen functional groups attached to an aromatic ring is 1. The maximum Gasteiger partial charge on any atom is 0.258 e. The van der Waals surface area contributed by atoms with Gasteiger partial charge in [-0.3, -0.25) is 4.79 Å². The molecule has 0 unspecified atom stereocenters. The Bertz CT molecular complexity index is 620. The van der Waals surface area contributed by atoms with E-state index in [-0.39, 0.29) is 5.91 Å². The van der Waals surface area contributed by atoms with Crippen molar-refractivity contribution in [3.05, 3.63) is 59.2 Å². The number of amides is 1. The van der Waals surface area contributed by atoms with Gasteiger partial charge in [-0.15, -0.1) is 0 Å². The second-order valence-electron chi connectivity index (χ2n) is 4.78. The van der Waals surface area contributed by atoms with Crippen LogP contribution in [0.4, 0.5) is 11.4 Å². The van der Waals surface area contributed by atoms with Gasteiger partial charge in [-0.05, 0) is 49.2 Å². The average molecular weight is 254 g/mol. The average Bonchev–Trinajstić information content (AvgIpc) is 2.40. The fourth-order valence-electron chi connectivity index (χ4n) is 2.06. The van der Waals surface area contributed by atoms with Gasteiger partial charge in [-0.1, -0.05) is 18.2 Å². The summed E-state index contributed by atoms with van der Waals surface area (Å²) in [7, 11) is 1.79. The molecule has 0 heterocycles. The van der Waals surface area contributed by atoms with E-state index in [0.717, 1.165) is 16.8 Å². The molecule has 0 fully saturated rings. The normalized spacial score (nSPS) is 10.3. The predicted octanol–water partition coefficient (Wildman–Crippen LogP) is 3.16. The van der Waals surface area contributed by atoms with Gasteiger partial charge < -0.3 is 10.6 Å². The Labute approximate surface area is 113 Å². The zero-order valence-electron chi connectivity index (χ0n) is 11.5. The molecule has 2 aromatic carbocycles. The molecule has 0 saturated heterocycles. The van der Waals surface area contributed by atoms with Gasteiger partial charge in [0.15, 0.2) is 0 Å². The van der Waals surface area contributed by atoms with Crippen LogP contribution in [0.15, 0.2) is 42.5 Å². The lowest BCUT2D eigenvalue weighted by molar-refractivity contribution is 0.0993. The second-order valence-corrected chi connectivity index (χ2v) is 4.78. The Morgan fingerprint density at radius 2 is 1.84 bits per heavy atom. The molecule has 0 saturated carbocycles. The van der Waals surface area contributed by atoms with Crippen molar-refractivity contribution in [3.8, 4) is 0 Å². The number of hydrogen-bond acceptors (Lipinski definition) is 2. The highest BCUT2D eigenvalue weighted by atomic mass is 16.2. The summed E-state index contributed by atoms with van der Waals surface area (Å²) >= 11 is 0. The van der Waals surface area contributed by atoms with Gasteiger partial charge in [0.1, 0.15) is 0 Å². The first-order chi connectivity index (χ1) is 8.99. The summed E-state index contributed by atoms with van der Waals surface area (Å²) in [5, 5.41) is 0. The van der Waals surface area contributed by atoms with E-state index in [4.69, 9.17) is 5.73 Å². The van der Waals surface area contributed by atoms with Gasteiger partial charge in [0.25, 0.3) is 5.91 Å². The van der Waals surface area contributed by atoms with Crippen LogP contribution in [0.3, 0.4) is 0 Å². The van der Waals surface area contributed by atoms with Crippen molar-refractivity contribution in [2.45, 2.75) is 13.8 Å². The van der Waals surface area contributed by atoms with Crippen LogP contribution in [0, 0.1) is 13.8 Å². The third-order valence-electron chi connectivity index (χ3n) is 3.16. The summed E-state index contributed by atoms with van der Waals surface area (Å²) in [6.45, 7) is 4.01. The van der Waals surface area contributed by atoms with Crippen LogP contribution in [0.1, 0.15) is 21.5 Å². The standard InChI is InChI=1S/C16H18N2O/c1-11-7-8-12(2)15(9-11)18(3)16(19)13-5-4-6-14(17)10-13/h4-10H,17H2,1-3H3. The van der Waals surface area contributed by atoms with Gasteiger partial charge in [0, 0.05) is 24.0 Å². The Hall–Kier alpha value is -2.29. The summed E-state index contributed by atoms with van der Waals surface area (Å²) < 4.78 is 0. The summed E-state index contributed by atoms with van der Waals surface area (Å²) in [5.74, 6) is -0.0546. The molecule has 1 amide bonds. The smallest absolute Gasteiger partial charge is 0.258 e. The molecule has 0 atom stereocenters. The maximum absolute atomic E-state index is 12.4. The van der Waals surface area contributed by atoms with Crippen molar-refractivity contribution in [3.63, 3.8) is 0 Å². The Morgan fingerprint density at radius 3 is 2.53 bits per heavy atom. The van der Waals surface area contributed by atoms with Gasteiger partial charge in [0.05, 0.1) is 0 Å². The number of nitrogens with zero attached hydrogens (tertiary/aromatic N) is 1. The van der Waals surface area contributed by atoms with Crippen LogP contribution in [0.5, 0.6) is 0 Å². The molecule has 0 bridgehead atoms. The first-order valence-electron chi connectivity index (χ1n) is 6.20. The molecule has 0 aliphatic heterocycles. The van der Waals surface area contributed by atoms with Crippen LogP contribution in [0.2, 0.25) is 0 Å². The topological polar surface area (TPSA) is 46.3 Å². The molecule has 19 heavy (non-hydrogen) atoms. The van der Waals surface area contributed by atoms with Gasteiger partial charge in [-0.2, -0.15) is 0 Å². The molecule has 0 aliphatic rings. The summed E-state index contributed by atoms with van der Waals surface area (Å²) in [4.78, 5) is 14.1. The van der Waals surface area contributed by atoms with E-state index in [1.165, 1.54) is 0 Å². The minimum absolute atomic E-state index is 0.0546. The molecule has 2 aromatic rings. The van der Waals surface area contributed by atoms with E-state index in [9.17, 15) is 4.79 Å². The van der Waals surface area contributed by atoms with Crippen LogP contribution < -0.4 is 10.6 Å². The first kappa shape index (κ1) is 13.1. The molecule has 3 heteroatoms. The minimum atomic E-state index is -0.0546. The fraction of sp³-hybridized carbons (Fsp3) is 0.188. The molecular weight excluding hydrogens is 236 g/mol. The zero-order chi connectivity index (χ0) is 14.0. The maximum atomic E-state index is 12.4. The van der Waals surface area contributed by atoms with Crippen molar-refractivity contribution in [1.29, 1.82) is 0 Å². The molecule has 0 aromatic heterocycles. The molecule has 0 radical (unpaired) electrons. The summed E-state index contributed by atoms with van der Waals surface area (Å²) in [6.07, 6.45) is 0. The van der Waals surface area contributed by atoms with Crippen molar-refractivity contribution < 1.29 is 4.79 Å². The number of rotatable bonds is 2. The molecule has 3 nitrogen and oxygen atoms in total. The van der Waals surface area contributed by atoms with Crippen LogP contribution in [-0.4, -0.2) is 13.0 Å². The monoisotopic (exact) mass is 254 g/mol. The Kier molecular flexibility index (Phi) is 3.56. The third kappa shape index (κ3) is 2.76. The number of carbonyl (C=O) groups is 1. The molecule has 0 spiro atoms. The van der Waals surface area contributed by atoms with E-state index < -0.39 is 0 Å². The van der Waals surface area contributed by atoms with E-state index in [0.29, 0.717) is 11.3 Å². The van der Waals surface area contributed by atoms with Crippen LogP contribution in [0.25, 0.3) is 0 Å². The van der Waals surface area contributed by atoms with E-state index in [1.807, 2.05) is 32.0 Å². The highest BCUT2D eigenvalue weighted by Crippen LogP contribution is 2.22. The molecule has 2 rings (SSSR count). The predicted molar refractivity (Wildman–Crippen MR) is 79.5 cm³/mol. The van der Waals surface area contributed by atoms with E-state index in [2.05, 4.69) is 0 Å². The summed E-state index contributed by atoms with van der Waals surface area (Å²) in [5.41, 5.74) is 10.0. The lowest BCUT2D eigenvalue weighted by atomic mass is 10.1.